The summed E-state index contributed by atoms with van der Waals surface area (Å²) in [6.45, 7) is 0.974. The van der Waals surface area contributed by atoms with Gasteiger partial charge in [-0.1, -0.05) is 0 Å². The number of carbonyl (C=O) groups is 1. The number of fused-ring (bicyclic) bond motifs is 1. The first-order valence-corrected chi connectivity index (χ1v) is 10.7. The molecule has 3 aromatic rings. The van der Waals surface area contributed by atoms with Gasteiger partial charge in [-0.3, -0.25) is 0 Å². The number of nitrogens with zero attached hydrogens (tertiary/aromatic N) is 2. The molecule has 0 radical (unpaired) electrons. The lowest BCUT2D eigenvalue weighted by molar-refractivity contribution is 0.0699. The maximum absolute atomic E-state index is 12.9. The summed E-state index contributed by atoms with van der Waals surface area (Å²) in [6.07, 6.45) is 1.67. The van der Waals surface area contributed by atoms with Gasteiger partial charge in [-0.15, -0.1) is 0 Å². The Labute approximate surface area is 168 Å². The van der Waals surface area contributed by atoms with E-state index in [0.717, 1.165) is 18.4 Å². The summed E-state index contributed by atoms with van der Waals surface area (Å²) in [7, 11) is -2.07. The Morgan fingerprint density at radius 3 is 2.38 bits per heavy atom. The summed E-state index contributed by atoms with van der Waals surface area (Å²) in [5.74, 6) is -0.451. The van der Waals surface area contributed by atoms with Gasteiger partial charge in [-0.05, 0) is 61.4 Å². The van der Waals surface area contributed by atoms with E-state index in [0.29, 0.717) is 35.4 Å². The van der Waals surface area contributed by atoms with E-state index in [1.165, 1.54) is 22.5 Å². The average Bonchev–Trinajstić information content (AvgIpc) is 3.28. The molecule has 1 N–H and O–H groups in total. The van der Waals surface area contributed by atoms with E-state index >= 15 is 0 Å². The van der Waals surface area contributed by atoms with E-state index in [4.69, 9.17) is 4.74 Å². The van der Waals surface area contributed by atoms with Crippen LogP contribution in [0.4, 0.5) is 0 Å². The van der Waals surface area contributed by atoms with Gasteiger partial charge in [-0.25, -0.2) is 18.2 Å². The van der Waals surface area contributed by atoms with E-state index in [1.54, 1.807) is 37.4 Å². The molecule has 2 heterocycles. The predicted molar refractivity (Wildman–Crippen MR) is 109 cm³/mol. The molecule has 0 spiro atoms. The lowest BCUT2D eigenvalue weighted by Crippen LogP contribution is -2.27. The minimum Gasteiger partial charge on any atom is -0.497 e. The number of pyridine rings is 1. The maximum Gasteiger partial charge on any atom is 0.336 e. The van der Waals surface area contributed by atoms with Gasteiger partial charge in [0.05, 0.1) is 28.8 Å². The molecule has 29 heavy (non-hydrogen) atoms. The number of sulfonamides is 1. The number of aromatic carboxylic acids is 1. The van der Waals surface area contributed by atoms with E-state index < -0.39 is 16.0 Å². The van der Waals surface area contributed by atoms with Crippen LogP contribution in [0, 0.1) is 0 Å². The zero-order valence-electron chi connectivity index (χ0n) is 15.8. The molecule has 0 bridgehead atoms. The molecule has 1 aliphatic heterocycles. The fourth-order valence-electron chi connectivity index (χ4n) is 3.53. The summed E-state index contributed by atoms with van der Waals surface area (Å²) in [6, 6.07) is 13.1. The number of ether oxygens (including phenoxy) is 1. The molecule has 1 fully saturated rings. The van der Waals surface area contributed by atoms with Crippen molar-refractivity contribution in [2.75, 3.05) is 20.2 Å². The van der Waals surface area contributed by atoms with Crippen molar-refractivity contribution in [3.8, 4) is 17.0 Å². The number of hydrogen-bond acceptors (Lipinski definition) is 5. The highest BCUT2D eigenvalue weighted by atomic mass is 32.2. The second kappa shape index (κ2) is 7.46. The van der Waals surface area contributed by atoms with Crippen LogP contribution >= 0.6 is 0 Å². The number of benzene rings is 2. The number of methoxy groups -OCH3 is 1. The number of hydrogen-bond donors (Lipinski definition) is 1. The van der Waals surface area contributed by atoms with Crippen molar-refractivity contribution in [2.24, 2.45) is 0 Å². The van der Waals surface area contributed by atoms with Crippen LogP contribution in [-0.2, 0) is 10.0 Å². The number of carboxylic acids is 1. The molecule has 4 rings (SSSR count). The van der Waals surface area contributed by atoms with Crippen LogP contribution in [0.15, 0.2) is 53.4 Å². The summed E-state index contributed by atoms with van der Waals surface area (Å²) in [4.78, 5) is 16.6. The highest BCUT2D eigenvalue weighted by Crippen LogP contribution is 2.29. The van der Waals surface area contributed by atoms with Crippen LogP contribution in [0.1, 0.15) is 23.2 Å². The average molecular weight is 412 g/mol. The van der Waals surface area contributed by atoms with Gasteiger partial charge < -0.3 is 9.84 Å². The monoisotopic (exact) mass is 412 g/mol. The fourth-order valence-corrected chi connectivity index (χ4v) is 5.07. The third kappa shape index (κ3) is 3.56. The Morgan fingerprint density at radius 2 is 1.76 bits per heavy atom. The maximum atomic E-state index is 12.9. The number of aromatic nitrogens is 1. The minimum atomic E-state index is -3.64. The molecular weight excluding hydrogens is 392 g/mol. The van der Waals surface area contributed by atoms with Gasteiger partial charge in [-0.2, -0.15) is 4.31 Å². The van der Waals surface area contributed by atoms with Gasteiger partial charge >= 0.3 is 5.97 Å². The first-order chi connectivity index (χ1) is 13.9. The van der Waals surface area contributed by atoms with E-state index in [-0.39, 0.29) is 10.5 Å². The Hall–Kier alpha value is -2.97. The number of rotatable bonds is 5. The third-order valence-electron chi connectivity index (χ3n) is 5.10. The Morgan fingerprint density at radius 1 is 1.07 bits per heavy atom. The van der Waals surface area contributed by atoms with Crippen molar-refractivity contribution in [3.63, 3.8) is 0 Å². The second-order valence-corrected chi connectivity index (χ2v) is 8.82. The SMILES string of the molecule is COc1ccc(-c2cc(C(=O)O)c3cc(S(=O)(=O)N4CCCC4)ccc3n2)cc1. The molecule has 1 saturated heterocycles. The van der Waals surface area contributed by atoms with Crippen LogP contribution in [-0.4, -0.2) is 49.0 Å². The summed E-state index contributed by atoms with van der Waals surface area (Å²) >= 11 is 0. The molecule has 0 atom stereocenters. The summed E-state index contributed by atoms with van der Waals surface area (Å²) in [5, 5.41) is 10.0. The molecule has 0 amide bonds. The first-order valence-electron chi connectivity index (χ1n) is 9.23. The zero-order chi connectivity index (χ0) is 20.6. The van der Waals surface area contributed by atoms with E-state index in [2.05, 4.69) is 4.98 Å². The lowest BCUT2D eigenvalue weighted by Gasteiger charge is -2.16. The lowest BCUT2D eigenvalue weighted by atomic mass is 10.0. The molecule has 1 aliphatic rings. The van der Waals surface area contributed by atoms with Gasteiger partial charge in [0.1, 0.15) is 5.75 Å². The Bertz CT molecular complexity index is 1180. The standard InChI is InChI=1S/C21H20N2O5S/c1-28-15-6-4-14(5-7-15)20-13-18(21(24)25)17-12-16(8-9-19(17)22-20)29(26,27)23-10-2-3-11-23/h4-9,12-13H,2-3,10-11H2,1H3,(H,24,25). The Balaban J connectivity index is 1.84. The van der Waals surface area contributed by atoms with Crippen molar-refractivity contribution < 1.29 is 23.1 Å². The van der Waals surface area contributed by atoms with E-state index in [1.807, 2.05) is 0 Å². The van der Waals surface area contributed by atoms with Gasteiger partial charge in [0.15, 0.2) is 0 Å². The van der Waals surface area contributed by atoms with Crippen LogP contribution in [0.25, 0.3) is 22.2 Å². The zero-order valence-corrected chi connectivity index (χ0v) is 16.6. The normalized spacial score (nSPS) is 14.9. The highest BCUT2D eigenvalue weighted by Gasteiger charge is 2.28. The molecule has 1 aromatic heterocycles. The largest absolute Gasteiger partial charge is 0.497 e. The van der Waals surface area contributed by atoms with Crippen molar-refractivity contribution in [2.45, 2.75) is 17.7 Å². The summed E-state index contributed by atoms with van der Waals surface area (Å²) < 4.78 is 32.3. The van der Waals surface area contributed by atoms with Crippen molar-refractivity contribution >= 4 is 26.9 Å². The Kier molecular flexibility index (Phi) is 4.97. The van der Waals surface area contributed by atoms with Crippen LogP contribution in [0.3, 0.4) is 0 Å². The van der Waals surface area contributed by atoms with E-state index in [9.17, 15) is 18.3 Å². The fraction of sp³-hybridized carbons (Fsp3) is 0.238. The molecule has 7 nitrogen and oxygen atoms in total. The van der Waals surface area contributed by atoms with Crippen molar-refractivity contribution in [3.05, 3.63) is 54.1 Å². The topological polar surface area (TPSA) is 96.8 Å². The highest BCUT2D eigenvalue weighted by molar-refractivity contribution is 7.89. The predicted octanol–water partition coefficient (Wildman–Crippen LogP) is 3.39. The van der Waals surface area contributed by atoms with Crippen LogP contribution in [0.5, 0.6) is 5.75 Å². The van der Waals surface area contributed by atoms with Gasteiger partial charge in [0.2, 0.25) is 10.0 Å². The minimum absolute atomic E-state index is 0.0132. The molecule has 0 unspecified atom stereocenters. The van der Waals surface area contributed by atoms with Crippen LogP contribution in [0.2, 0.25) is 0 Å². The molecule has 0 saturated carbocycles. The second-order valence-electron chi connectivity index (χ2n) is 6.88. The van der Waals surface area contributed by atoms with Crippen LogP contribution < -0.4 is 4.74 Å². The van der Waals surface area contributed by atoms with Gasteiger partial charge in [0, 0.05) is 24.0 Å². The number of carboxylic acid groups (broad SMARTS) is 1. The summed E-state index contributed by atoms with van der Waals surface area (Å²) in [5.41, 5.74) is 1.67. The first kappa shape index (κ1) is 19.4. The molecule has 2 aromatic carbocycles. The quantitative estimate of drug-likeness (QED) is 0.690. The molecule has 8 heteroatoms. The van der Waals surface area contributed by atoms with Crippen molar-refractivity contribution in [1.29, 1.82) is 0 Å². The van der Waals surface area contributed by atoms with Crippen molar-refractivity contribution in [1.82, 2.24) is 9.29 Å². The smallest absolute Gasteiger partial charge is 0.336 e. The van der Waals surface area contributed by atoms with Gasteiger partial charge in [0.25, 0.3) is 0 Å². The molecule has 0 aliphatic carbocycles. The third-order valence-corrected chi connectivity index (χ3v) is 6.99. The molecular formula is C21H20N2O5S. The molecule has 150 valence electrons.